The summed E-state index contributed by atoms with van der Waals surface area (Å²) < 4.78 is 2.58. The van der Waals surface area contributed by atoms with Gasteiger partial charge in [0.2, 0.25) is 0 Å². The lowest BCUT2D eigenvalue weighted by Gasteiger charge is -2.31. The molecular weight excluding hydrogens is 1140 g/mol. The molecule has 17 aromatic rings. The average Bonchev–Trinajstić information content (AvgIpc) is 1.61. The lowest BCUT2D eigenvalue weighted by atomic mass is 9.92. The lowest BCUT2D eigenvalue weighted by molar-refractivity contribution is 1.27. The van der Waals surface area contributed by atoms with Gasteiger partial charge in [-0.15, -0.1) is 11.3 Å². The van der Waals surface area contributed by atoms with Gasteiger partial charge in [0.1, 0.15) is 0 Å². The van der Waals surface area contributed by atoms with Crippen LogP contribution >= 0.6 is 11.3 Å². The van der Waals surface area contributed by atoms with E-state index in [9.17, 15) is 0 Å². The van der Waals surface area contributed by atoms with E-state index < -0.39 is 0 Å². The van der Waals surface area contributed by atoms with Crippen LogP contribution in [0.15, 0.2) is 364 Å². The van der Waals surface area contributed by atoms with Gasteiger partial charge in [-0.3, -0.25) is 0 Å². The summed E-state index contributed by atoms with van der Waals surface area (Å²) in [4.78, 5) is 4.87. The summed E-state index contributed by atoms with van der Waals surface area (Å²) in [7, 11) is 0. The van der Waals surface area contributed by atoms with Gasteiger partial charge in [0, 0.05) is 54.0 Å². The van der Waals surface area contributed by atoms with Crippen LogP contribution in [-0.4, -0.2) is 0 Å². The van der Waals surface area contributed by atoms with E-state index in [-0.39, 0.29) is 0 Å². The van der Waals surface area contributed by atoms with Crippen LogP contribution in [0.3, 0.4) is 0 Å². The normalized spacial score (nSPS) is 11.4. The fraction of sp³-hybridized carbons (Fsp3) is 0. The van der Waals surface area contributed by atoms with Gasteiger partial charge in [0.05, 0.1) is 11.4 Å². The maximum Gasteiger partial charge on any atom is 0.0540 e. The smallest absolute Gasteiger partial charge is 0.0540 e. The van der Waals surface area contributed by atoms with Gasteiger partial charge >= 0.3 is 0 Å². The Labute approximate surface area is 546 Å². The van der Waals surface area contributed by atoms with Crippen LogP contribution < -0.4 is 9.80 Å². The maximum atomic E-state index is 2.44. The van der Waals surface area contributed by atoms with Crippen LogP contribution in [0.1, 0.15) is 0 Å². The molecule has 0 saturated heterocycles. The quantitative estimate of drug-likeness (QED) is 0.114. The highest BCUT2D eigenvalue weighted by molar-refractivity contribution is 7.25. The van der Waals surface area contributed by atoms with Gasteiger partial charge in [-0.2, -0.15) is 0 Å². The molecule has 0 unspecified atom stereocenters. The van der Waals surface area contributed by atoms with Crippen molar-refractivity contribution in [2.75, 3.05) is 9.80 Å². The van der Waals surface area contributed by atoms with Gasteiger partial charge in [0.25, 0.3) is 0 Å². The number of thiophene rings is 1. The molecule has 0 aliphatic carbocycles. The molecule has 0 radical (unpaired) electrons. The minimum atomic E-state index is 1.05. The minimum Gasteiger partial charge on any atom is -0.310 e. The number of fused-ring (bicyclic) bond motifs is 6. The largest absolute Gasteiger partial charge is 0.310 e. The fourth-order valence-corrected chi connectivity index (χ4v) is 15.1. The molecule has 0 spiro atoms. The Balaban J connectivity index is 0.786. The van der Waals surface area contributed by atoms with Crippen LogP contribution in [0, 0.1) is 0 Å². The number of benzene rings is 16. The number of nitrogens with zero attached hydrogens (tertiary/aromatic N) is 2. The Morgan fingerprint density at radius 3 is 1.02 bits per heavy atom. The Morgan fingerprint density at radius 1 is 0.172 bits per heavy atom. The van der Waals surface area contributed by atoms with Crippen LogP contribution in [0.4, 0.5) is 34.1 Å². The SMILES string of the molecule is c1ccc(-c2ccc3c(c2)sc2cc(-c4ccc(N(c5ccc(-c6ccc7ccccc7c6)cc5)c5ccccc5-c5ccccc5N(c5ccc(-c6cccc7ccccc67)cc5)c5ccc(-c6ccc(-c7ccccc7)c7ccccc67)cc5)cc4)ccc23)cc1. The summed E-state index contributed by atoms with van der Waals surface area (Å²) in [6.07, 6.45) is 0. The third-order valence-corrected chi connectivity index (χ3v) is 19.6. The van der Waals surface area contributed by atoms with Gasteiger partial charge < -0.3 is 9.80 Å². The van der Waals surface area contributed by atoms with E-state index in [2.05, 4.69) is 374 Å². The van der Waals surface area contributed by atoms with E-state index in [0.29, 0.717) is 0 Å². The summed E-state index contributed by atoms with van der Waals surface area (Å²) in [5.41, 5.74) is 22.9. The van der Waals surface area contributed by atoms with E-state index >= 15 is 0 Å². The maximum absolute atomic E-state index is 2.44. The molecule has 0 aliphatic rings. The first kappa shape index (κ1) is 55.2. The van der Waals surface area contributed by atoms with E-state index in [0.717, 1.165) is 56.4 Å². The van der Waals surface area contributed by atoms with Crippen molar-refractivity contribution in [2.45, 2.75) is 0 Å². The van der Waals surface area contributed by atoms with E-state index in [4.69, 9.17) is 0 Å². The van der Waals surface area contributed by atoms with Gasteiger partial charge in [-0.05, 0) is 178 Å². The molecule has 0 N–H and O–H groups in total. The molecule has 0 atom stereocenters. The highest BCUT2D eigenvalue weighted by Gasteiger charge is 2.24. The average molecular weight is 1200 g/mol. The number of anilines is 6. The molecule has 3 heteroatoms. The van der Waals surface area contributed by atoms with Gasteiger partial charge in [-0.25, -0.2) is 0 Å². The Kier molecular flexibility index (Phi) is 14.1. The monoisotopic (exact) mass is 1200 g/mol. The Bertz CT molecular complexity index is 5590. The minimum absolute atomic E-state index is 1.05. The van der Waals surface area contributed by atoms with Gasteiger partial charge in [0.15, 0.2) is 0 Å². The lowest BCUT2D eigenvalue weighted by Crippen LogP contribution is -2.13. The third kappa shape index (κ3) is 10.4. The molecule has 17 rings (SSSR count). The first-order valence-corrected chi connectivity index (χ1v) is 32.7. The van der Waals surface area contributed by atoms with Crippen LogP contribution in [0.25, 0.3) is 130 Å². The molecule has 16 aromatic carbocycles. The molecule has 93 heavy (non-hydrogen) atoms. The van der Waals surface area contributed by atoms with Crippen molar-refractivity contribution in [3.05, 3.63) is 364 Å². The molecule has 1 aromatic heterocycles. The molecule has 436 valence electrons. The molecule has 2 nitrogen and oxygen atoms in total. The Morgan fingerprint density at radius 2 is 0.505 bits per heavy atom. The summed E-state index contributed by atoms with van der Waals surface area (Å²) in [6, 6.07) is 134. The second-order valence-corrected chi connectivity index (χ2v) is 25.0. The third-order valence-electron chi connectivity index (χ3n) is 18.5. The van der Waals surface area contributed by atoms with E-state index in [1.54, 1.807) is 0 Å². The molecule has 1 heterocycles. The highest BCUT2D eigenvalue weighted by Crippen LogP contribution is 2.49. The van der Waals surface area contributed by atoms with Crippen LogP contribution in [0.2, 0.25) is 0 Å². The first-order valence-electron chi connectivity index (χ1n) is 31.9. The summed E-state index contributed by atoms with van der Waals surface area (Å²) in [5, 5.41) is 9.97. The van der Waals surface area contributed by atoms with Crippen LogP contribution in [0.5, 0.6) is 0 Å². The predicted molar refractivity (Wildman–Crippen MR) is 399 cm³/mol. The second-order valence-electron chi connectivity index (χ2n) is 23.9. The molecule has 0 aliphatic heterocycles. The van der Waals surface area contributed by atoms with Crippen molar-refractivity contribution in [3.63, 3.8) is 0 Å². The number of para-hydroxylation sites is 2. The summed E-state index contributed by atoms with van der Waals surface area (Å²) in [6.45, 7) is 0. The standard InChI is InChI=1S/C90H60N2S/c1-3-18-61(19-4-1)71-44-54-85-86-55-45-72(60-90(86)93-89(85)59-71)64-38-48-74(49-39-64)91(73-46-36-63(37-47-73)70-35-34-62-20-7-8-24-69(62)58-70)87-32-15-13-29-83(87)84-30-14-16-33-88(84)92(75-50-40-67(41-51-75)78-31-17-25-66-23-9-10-26-77(66)78)76-52-42-68(43-53-76)80-57-56-79(65-21-5-2-6-22-65)81-27-11-12-28-82(80)81/h1-60H. The van der Waals surface area contributed by atoms with Crippen molar-refractivity contribution in [1.29, 1.82) is 0 Å². The van der Waals surface area contributed by atoms with Crippen molar-refractivity contribution in [1.82, 2.24) is 0 Å². The molecule has 0 amide bonds. The number of hydrogen-bond acceptors (Lipinski definition) is 3. The zero-order chi connectivity index (χ0) is 61.6. The predicted octanol–water partition coefficient (Wildman–Crippen LogP) is 26.1. The topological polar surface area (TPSA) is 6.48 Å². The number of rotatable bonds is 13. The first-order chi connectivity index (χ1) is 46.1. The van der Waals surface area contributed by atoms with Crippen LogP contribution in [-0.2, 0) is 0 Å². The molecular formula is C90H60N2S. The molecule has 0 bridgehead atoms. The fourth-order valence-electron chi connectivity index (χ4n) is 13.9. The van der Waals surface area contributed by atoms with Crippen molar-refractivity contribution >= 4 is 98.0 Å². The van der Waals surface area contributed by atoms with Crippen molar-refractivity contribution < 1.29 is 0 Å². The Hall–Kier alpha value is -11.9. The second kappa shape index (κ2) is 23.8. The number of hydrogen-bond donors (Lipinski definition) is 0. The molecule has 0 saturated carbocycles. The zero-order valence-corrected chi connectivity index (χ0v) is 51.8. The zero-order valence-electron chi connectivity index (χ0n) is 50.9. The van der Waals surface area contributed by atoms with Crippen molar-refractivity contribution in [3.8, 4) is 77.9 Å². The summed E-state index contributed by atoms with van der Waals surface area (Å²) >= 11 is 1.87. The highest BCUT2D eigenvalue weighted by atomic mass is 32.1. The van der Waals surface area contributed by atoms with Gasteiger partial charge in [-0.1, -0.05) is 285 Å². The summed E-state index contributed by atoms with van der Waals surface area (Å²) in [5.74, 6) is 0. The van der Waals surface area contributed by atoms with Crippen molar-refractivity contribution in [2.24, 2.45) is 0 Å². The van der Waals surface area contributed by atoms with E-state index in [1.807, 2.05) is 11.3 Å². The molecule has 0 fully saturated rings. The van der Waals surface area contributed by atoms with E-state index in [1.165, 1.54) is 108 Å².